The van der Waals surface area contributed by atoms with Gasteiger partial charge in [-0.3, -0.25) is 14.7 Å². The number of anilines is 1. The third kappa shape index (κ3) is 4.16. The lowest BCUT2D eigenvalue weighted by Crippen LogP contribution is -2.25. The summed E-state index contributed by atoms with van der Waals surface area (Å²) >= 11 is 1.29. The van der Waals surface area contributed by atoms with Crippen LogP contribution in [0.1, 0.15) is 13.3 Å². The van der Waals surface area contributed by atoms with Gasteiger partial charge in [0.25, 0.3) is 5.56 Å². The van der Waals surface area contributed by atoms with Crippen LogP contribution < -0.4 is 10.9 Å². The van der Waals surface area contributed by atoms with Crippen LogP contribution in [0.15, 0.2) is 64.8 Å². The van der Waals surface area contributed by atoms with Crippen LogP contribution in [0, 0.1) is 0 Å². The van der Waals surface area contributed by atoms with Crippen molar-refractivity contribution < 1.29 is 4.79 Å². The lowest BCUT2D eigenvalue weighted by molar-refractivity contribution is -0.115. The highest BCUT2D eigenvalue weighted by molar-refractivity contribution is 8.00. The Hall–Kier alpha value is -2.87. The summed E-state index contributed by atoms with van der Waals surface area (Å²) in [4.78, 5) is 32.8. The SMILES string of the molecule is CCC(Sc1ncccn1)C(=O)Nc1cc(=O)n(-c2ccccc2)[nH]1. The minimum atomic E-state index is -0.356. The second-order valence-corrected chi connectivity index (χ2v) is 6.38. The molecule has 25 heavy (non-hydrogen) atoms. The van der Waals surface area contributed by atoms with Crippen molar-refractivity contribution in [3.05, 3.63) is 65.2 Å². The highest BCUT2D eigenvalue weighted by Gasteiger charge is 2.20. The third-order valence-corrected chi connectivity index (χ3v) is 4.70. The minimum Gasteiger partial charge on any atom is -0.310 e. The number of hydrogen-bond donors (Lipinski definition) is 2. The van der Waals surface area contributed by atoms with E-state index in [0.29, 0.717) is 23.1 Å². The van der Waals surface area contributed by atoms with Crippen LogP contribution in [0.4, 0.5) is 5.82 Å². The predicted molar refractivity (Wildman–Crippen MR) is 97.0 cm³/mol. The van der Waals surface area contributed by atoms with E-state index >= 15 is 0 Å². The van der Waals surface area contributed by atoms with Gasteiger partial charge < -0.3 is 5.32 Å². The number of nitrogens with zero attached hydrogens (tertiary/aromatic N) is 3. The lowest BCUT2D eigenvalue weighted by Gasteiger charge is -2.12. The van der Waals surface area contributed by atoms with E-state index in [0.717, 1.165) is 0 Å². The Morgan fingerprint density at radius 2 is 1.96 bits per heavy atom. The van der Waals surface area contributed by atoms with Crippen LogP contribution in [0.5, 0.6) is 0 Å². The fraction of sp³-hybridized carbons (Fsp3) is 0.176. The molecule has 1 atom stereocenters. The molecule has 0 saturated carbocycles. The number of aromatic amines is 1. The third-order valence-electron chi connectivity index (χ3n) is 3.45. The molecule has 3 rings (SSSR count). The van der Waals surface area contributed by atoms with Crippen molar-refractivity contribution in [3.63, 3.8) is 0 Å². The van der Waals surface area contributed by atoms with Crippen molar-refractivity contribution in [1.82, 2.24) is 19.7 Å². The molecule has 8 heteroatoms. The van der Waals surface area contributed by atoms with Crippen molar-refractivity contribution in [3.8, 4) is 5.69 Å². The molecule has 0 aliphatic rings. The Balaban J connectivity index is 1.73. The Morgan fingerprint density at radius 1 is 1.24 bits per heavy atom. The molecular weight excluding hydrogens is 338 g/mol. The second kappa shape index (κ2) is 7.80. The van der Waals surface area contributed by atoms with Gasteiger partial charge in [-0.05, 0) is 24.6 Å². The van der Waals surface area contributed by atoms with Gasteiger partial charge in [0, 0.05) is 18.5 Å². The van der Waals surface area contributed by atoms with E-state index in [-0.39, 0.29) is 16.7 Å². The second-order valence-electron chi connectivity index (χ2n) is 5.21. The van der Waals surface area contributed by atoms with Gasteiger partial charge >= 0.3 is 0 Å². The lowest BCUT2D eigenvalue weighted by atomic mass is 10.3. The number of benzene rings is 1. The Bertz CT molecular complexity index is 892. The highest BCUT2D eigenvalue weighted by atomic mass is 32.2. The molecule has 2 aromatic heterocycles. The monoisotopic (exact) mass is 355 g/mol. The van der Waals surface area contributed by atoms with Crippen molar-refractivity contribution >= 4 is 23.5 Å². The average molecular weight is 355 g/mol. The average Bonchev–Trinajstić information content (AvgIpc) is 3.01. The van der Waals surface area contributed by atoms with Gasteiger partial charge in [-0.2, -0.15) is 0 Å². The molecule has 7 nitrogen and oxygen atoms in total. The van der Waals surface area contributed by atoms with E-state index in [1.54, 1.807) is 30.6 Å². The number of nitrogens with one attached hydrogen (secondary N) is 2. The van der Waals surface area contributed by atoms with Crippen molar-refractivity contribution in [1.29, 1.82) is 0 Å². The van der Waals surface area contributed by atoms with Crippen LogP contribution in [-0.4, -0.2) is 30.9 Å². The van der Waals surface area contributed by atoms with Crippen molar-refractivity contribution in [2.75, 3.05) is 5.32 Å². The van der Waals surface area contributed by atoms with Crippen LogP contribution in [-0.2, 0) is 4.79 Å². The van der Waals surface area contributed by atoms with E-state index in [4.69, 9.17) is 0 Å². The first-order chi connectivity index (χ1) is 12.2. The maximum Gasteiger partial charge on any atom is 0.273 e. The molecule has 0 fully saturated rings. The van der Waals surface area contributed by atoms with Gasteiger partial charge in [-0.15, -0.1) is 0 Å². The predicted octanol–water partition coefficient (Wildman–Crippen LogP) is 2.46. The van der Waals surface area contributed by atoms with Gasteiger partial charge in [-0.25, -0.2) is 14.6 Å². The van der Waals surface area contributed by atoms with Crippen LogP contribution in [0.25, 0.3) is 5.69 Å². The normalized spacial score (nSPS) is 11.9. The zero-order valence-corrected chi connectivity index (χ0v) is 14.4. The van der Waals surface area contributed by atoms with E-state index in [9.17, 15) is 9.59 Å². The van der Waals surface area contributed by atoms with Crippen LogP contribution in [0.2, 0.25) is 0 Å². The molecule has 128 valence electrons. The Kier molecular flexibility index (Phi) is 5.30. The highest BCUT2D eigenvalue weighted by Crippen LogP contribution is 2.22. The number of aromatic nitrogens is 4. The number of carbonyl (C=O) groups excluding carboxylic acids is 1. The molecule has 0 aliphatic heterocycles. The number of rotatable bonds is 6. The number of amides is 1. The topological polar surface area (TPSA) is 92.7 Å². The summed E-state index contributed by atoms with van der Waals surface area (Å²) in [6.07, 6.45) is 3.88. The molecule has 0 spiro atoms. The van der Waals surface area contributed by atoms with Crippen LogP contribution in [0.3, 0.4) is 0 Å². The van der Waals surface area contributed by atoms with E-state index in [1.807, 2.05) is 25.1 Å². The maximum atomic E-state index is 12.5. The number of hydrogen-bond acceptors (Lipinski definition) is 5. The van der Waals surface area contributed by atoms with Crippen molar-refractivity contribution in [2.24, 2.45) is 0 Å². The van der Waals surface area contributed by atoms with Crippen LogP contribution >= 0.6 is 11.8 Å². The molecule has 0 bridgehead atoms. The molecule has 3 aromatic rings. The first-order valence-corrected chi connectivity index (χ1v) is 8.67. The summed E-state index contributed by atoms with van der Waals surface area (Å²) in [5.74, 6) is 0.147. The molecule has 0 aliphatic carbocycles. The molecule has 0 radical (unpaired) electrons. The zero-order valence-electron chi connectivity index (χ0n) is 13.5. The van der Waals surface area contributed by atoms with E-state index in [1.165, 1.54) is 22.5 Å². The molecule has 0 saturated heterocycles. The smallest absolute Gasteiger partial charge is 0.273 e. The molecule has 1 amide bonds. The Morgan fingerprint density at radius 3 is 2.64 bits per heavy atom. The first-order valence-electron chi connectivity index (χ1n) is 7.79. The molecular formula is C17H17N5O2S. The van der Waals surface area contributed by atoms with Crippen molar-refractivity contribution in [2.45, 2.75) is 23.8 Å². The van der Waals surface area contributed by atoms with Gasteiger partial charge in [-0.1, -0.05) is 36.9 Å². The number of para-hydroxylation sites is 1. The quantitative estimate of drug-likeness (QED) is 0.523. The largest absolute Gasteiger partial charge is 0.310 e. The minimum absolute atomic E-state index is 0.207. The Labute approximate surface area is 148 Å². The molecule has 1 aromatic carbocycles. The van der Waals surface area contributed by atoms with Gasteiger partial charge in [0.15, 0.2) is 5.16 Å². The summed E-state index contributed by atoms with van der Waals surface area (Å²) in [6, 6.07) is 12.2. The van der Waals surface area contributed by atoms with Gasteiger partial charge in [0.2, 0.25) is 5.91 Å². The summed E-state index contributed by atoms with van der Waals surface area (Å²) in [5, 5.41) is 5.84. The van der Waals surface area contributed by atoms with E-state index < -0.39 is 0 Å². The number of carbonyl (C=O) groups is 1. The zero-order chi connectivity index (χ0) is 17.6. The van der Waals surface area contributed by atoms with E-state index in [2.05, 4.69) is 20.4 Å². The first kappa shape index (κ1) is 17.0. The summed E-state index contributed by atoms with van der Waals surface area (Å²) in [7, 11) is 0. The van der Waals surface area contributed by atoms with Gasteiger partial charge in [0.05, 0.1) is 10.9 Å². The summed E-state index contributed by atoms with van der Waals surface area (Å²) in [5.41, 5.74) is 0.459. The van der Waals surface area contributed by atoms with Gasteiger partial charge in [0.1, 0.15) is 5.82 Å². The molecule has 2 N–H and O–H groups in total. The fourth-order valence-electron chi connectivity index (χ4n) is 2.24. The summed E-state index contributed by atoms with van der Waals surface area (Å²) in [6.45, 7) is 1.91. The maximum absolute atomic E-state index is 12.5. The summed E-state index contributed by atoms with van der Waals surface area (Å²) < 4.78 is 1.38. The standard InChI is InChI=1S/C17H17N5O2S/c1-2-13(25-17-18-9-6-10-19-17)16(24)20-14-11-15(23)22(21-14)12-7-4-3-5-8-12/h3-11,13,21H,2H2,1H3,(H,20,24). The molecule has 2 heterocycles. The number of thioether (sulfide) groups is 1. The molecule has 1 unspecified atom stereocenters. The fourth-order valence-corrected chi connectivity index (χ4v) is 3.07. The number of H-pyrrole nitrogens is 1.